The monoisotopic (exact) mass is 254 g/mol. The Hall–Kier alpha value is -1.17. The van der Waals surface area contributed by atoms with E-state index in [0.29, 0.717) is 12.5 Å². The van der Waals surface area contributed by atoms with Crippen LogP contribution in [0.5, 0.6) is 0 Å². The van der Waals surface area contributed by atoms with Gasteiger partial charge in [0, 0.05) is 30.5 Å². The lowest BCUT2D eigenvalue weighted by Gasteiger charge is -2.33. The lowest BCUT2D eigenvalue weighted by Crippen LogP contribution is -2.55. The third-order valence-electron chi connectivity index (χ3n) is 2.91. The molecule has 1 aliphatic rings. The van der Waals surface area contributed by atoms with E-state index in [1.165, 1.54) is 11.5 Å². The van der Waals surface area contributed by atoms with Crippen molar-refractivity contribution in [3.05, 3.63) is 5.82 Å². The number of carbonyl (C=O) groups excluding carboxylic acids is 1. The first-order valence-electron chi connectivity index (χ1n) is 6.01. The van der Waals surface area contributed by atoms with Crippen molar-refractivity contribution in [2.75, 3.05) is 18.0 Å². The fourth-order valence-corrected chi connectivity index (χ4v) is 2.81. The number of nitrogens with zero attached hydrogens (tertiary/aromatic N) is 3. The molecule has 1 atom stereocenters. The minimum Gasteiger partial charge on any atom is -0.353 e. The van der Waals surface area contributed by atoms with E-state index in [4.69, 9.17) is 0 Å². The molecule has 2 rings (SSSR count). The molecule has 1 N–H and O–H groups in total. The molecule has 5 nitrogen and oxygen atoms in total. The van der Waals surface area contributed by atoms with Crippen LogP contribution in [-0.4, -0.2) is 34.4 Å². The SMILES string of the molecule is CCC1C(=O)NCCN1c1nc(C(C)C)ns1. The van der Waals surface area contributed by atoms with Gasteiger partial charge in [0.05, 0.1) is 0 Å². The van der Waals surface area contributed by atoms with Crippen LogP contribution in [0, 0.1) is 0 Å². The number of carbonyl (C=O) groups is 1. The predicted molar refractivity (Wildman–Crippen MR) is 68.4 cm³/mol. The minimum atomic E-state index is -0.100. The summed E-state index contributed by atoms with van der Waals surface area (Å²) < 4.78 is 4.34. The van der Waals surface area contributed by atoms with Crippen LogP contribution in [0.2, 0.25) is 0 Å². The van der Waals surface area contributed by atoms with Gasteiger partial charge in [0.1, 0.15) is 11.9 Å². The summed E-state index contributed by atoms with van der Waals surface area (Å²) in [6.45, 7) is 7.67. The first-order valence-corrected chi connectivity index (χ1v) is 6.78. The van der Waals surface area contributed by atoms with E-state index in [1.54, 1.807) is 0 Å². The van der Waals surface area contributed by atoms with Crippen LogP contribution in [0.25, 0.3) is 0 Å². The molecule has 0 saturated carbocycles. The molecule has 1 fully saturated rings. The smallest absolute Gasteiger partial charge is 0.242 e. The molecule has 1 aromatic rings. The van der Waals surface area contributed by atoms with Gasteiger partial charge in [-0.2, -0.15) is 4.37 Å². The zero-order valence-electron chi connectivity index (χ0n) is 10.4. The number of aromatic nitrogens is 2. The summed E-state index contributed by atoms with van der Waals surface area (Å²) in [6.07, 6.45) is 0.794. The van der Waals surface area contributed by atoms with Crippen molar-refractivity contribution in [3.63, 3.8) is 0 Å². The average Bonchev–Trinajstić information content (AvgIpc) is 2.77. The molecule has 0 spiro atoms. The maximum absolute atomic E-state index is 11.8. The number of nitrogens with one attached hydrogen (secondary N) is 1. The molecule has 0 aliphatic carbocycles. The molecular weight excluding hydrogens is 236 g/mol. The molecular formula is C11H18N4OS. The topological polar surface area (TPSA) is 58.1 Å². The molecule has 2 heterocycles. The van der Waals surface area contributed by atoms with Gasteiger partial charge < -0.3 is 10.2 Å². The van der Waals surface area contributed by atoms with Crippen molar-refractivity contribution in [1.82, 2.24) is 14.7 Å². The third kappa shape index (κ3) is 2.41. The minimum absolute atomic E-state index is 0.0973. The Balaban J connectivity index is 2.21. The Labute approximate surface area is 105 Å². The van der Waals surface area contributed by atoms with Gasteiger partial charge >= 0.3 is 0 Å². The van der Waals surface area contributed by atoms with E-state index < -0.39 is 0 Å². The van der Waals surface area contributed by atoms with Crippen LogP contribution in [0.15, 0.2) is 0 Å². The van der Waals surface area contributed by atoms with Gasteiger partial charge in [-0.1, -0.05) is 20.8 Å². The Kier molecular flexibility index (Phi) is 3.61. The lowest BCUT2D eigenvalue weighted by molar-refractivity contribution is -0.123. The summed E-state index contributed by atoms with van der Waals surface area (Å²) in [4.78, 5) is 18.3. The van der Waals surface area contributed by atoms with Gasteiger partial charge in [-0.3, -0.25) is 4.79 Å². The van der Waals surface area contributed by atoms with Gasteiger partial charge in [-0.15, -0.1) is 0 Å². The maximum atomic E-state index is 11.8. The molecule has 1 aliphatic heterocycles. The van der Waals surface area contributed by atoms with Crippen molar-refractivity contribution in [2.24, 2.45) is 0 Å². The van der Waals surface area contributed by atoms with Crippen molar-refractivity contribution >= 4 is 22.6 Å². The fraction of sp³-hybridized carbons (Fsp3) is 0.727. The van der Waals surface area contributed by atoms with Gasteiger partial charge in [-0.05, 0) is 6.42 Å². The van der Waals surface area contributed by atoms with Crippen LogP contribution in [-0.2, 0) is 4.79 Å². The zero-order valence-corrected chi connectivity index (χ0v) is 11.3. The zero-order chi connectivity index (χ0) is 12.4. The standard InChI is InChI=1S/C11H18N4OS/c1-4-8-10(16)12-5-6-15(8)11-13-9(7(2)3)14-17-11/h7-8H,4-6H2,1-3H3,(H,12,16). The molecule has 1 aromatic heterocycles. The summed E-state index contributed by atoms with van der Waals surface area (Å²) in [6, 6.07) is -0.100. The Bertz CT molecular complexity index is 404. The molecule has 1 unspecified atom stereocenters. The number of anilines is 1. The third-order valence-corrected chi connectivity index (χ3v) is 3.68. The second kappa shape index (κ2) is 5.00. The summed E-state index contributed by atoms with van der Waals surface area (Å²) in [5, 5.41) is 3.76. The van der Waals surface area contributed by atoms with Crippen LogP contribution in [0.1, 0.15) is 38.9 Å². The molecule has 0 bridgehead atoms. The number of hydrogen-bond acceptors (Lipinski definition) is 5. The highest BCUT2D eigenvalue weighted by Crippen LogP contribution is 2.24. The molecule has 1 saturated heterocycles. The van der Waals surface area contributed by atoms with Crippen molar-refractivity contribution < 1.29 is 4.79 Å². The normalized spacial score (nSPS) is 20.8. The van der Waals surface area contributed by atoms with Crippen molar-refractivity contribution in [1.29, 1.82) is 0 Å². The van der Waals surface area contributed by atoms with Gasteiger partial charge in [0.25, 0.3) is 0 Å². The van der Waals surface area contributed by atoms with E-state index in [1.807, 2.05) is 6.92 Å². The number of hydrogen-bond donors (Lipinski definition) is 1. The van der Waals surface area contributed by atoms with Crippen molar-refractivity contribution in [2.45, 2.75) is 39.2 Å². The highest BCUT2D eigenvalue weighted by molar-refractivity contribution is 7.09. The maximum Gasteiger partial charge on any atom is 0.242 e. The van der Waals surface area contributed by atoms with E-state index in [0.717, 1.165) is 23.9 Å². The number of piperazine rings is 1. The van der Waals surface area contributed by atoms with Gasteiger partial charge in [-0.25, -0.2) is 4.98 Å². The highest BCUT2D eigenvalue weighted by Gasteiger charge is 2.30. The fourth-order valence-electron chi connectivity index (χ4n) is 1.93. The summed E-state index contributed by atoms with van der Waals surface area (Å²) in [7, 11) is 0. The van der Waals surface area contributed by atoms with Crippen molar-refractivity contribution in [3.8, 4) is 0 Å². The number of rotatable bonds is 3. The molecule has 0 radical (unpaired) electrons. The van der Waals surface area contributed by atoms with Crippen LogP contribution in [0.3, 0.4) is 0 Å². The Morgan fingerprint density at radius 3 is 2.94 bits per heavy atom. The first-order chi connectivity index (χ1) is 8.13. The van der Waals surface area contributed by atoms with Crippen LogP contribution >= 0.6 is 11.5 Å². The Morgan fingerprint density at radius 2 is 2.35 bits per heavy atom. The van der Waals surface area contributed by atoms with Gasteiger partial charge in [0.2, 0.25) is 11.0 Å². The van der Waals surface area contributed by atoms with E-state index in [-0.39, 0.29) is 11.9 Å². The largest absolute Gasteiger partial charge is 0.353 e. The molecule has 0 aromatic carbocycles. The number of amides is 1. The summed E-state index contributed by atoms with van der Waals surface area (Å²) >= 11 is 1.39. The van der Waals surface area contributed by atoms with E-state index in [2.05, 4.69) is 33.4 Å². The molecule has 6 heteroatoms. The first kappa shape index (κ1) is 12.3. The van der Waals surface area contributed by atoms with E-state index >= 15 is 0 Å². The highest BCUT2D eigenvalue weighted by atomic mass is 32.1. The lowest BCUT2D eigenvalue weighted by atomic mass is 10.1. The summed E-state index contributed by atoms with van der Waals surface area (Å²) in [5.41, 5.74) is 0. The van der Waals surface area contributed by atoms with Crippen LogP contribution in [0.4, 0.5) is 5.13 Å². The average molecular weight is 254 g/mol. The van der Waals surface area contributed by atoms with Crippen LogP contribution < -0.4 is 10.2 Å². The van der Waals surface area contributed by atoms with Gasteiger partial charge in [0.15, 0.2) is 0 Å². The second-order valence-corrected chi connectivity index (χ2v) is 5.23. The van der Waals surface area contributed by atoms with E-state index in [9.17, 15) is 4.79 Å². The second-order valence-electron chi connectivity index (χ2n) is 4.50. The molecule has 1 amide bonds. The quantitative estimate of drug-likeness (QED) is 0.885. The predicted octanol–water partition coefficient (Wildman–Crippen LogP) is 1.38. The Morgan fingerprint density at radius 1 is 1.59 bits per heavy atom. The molecule has 17 heavy (non-hydrogen) atoms. The molecule has 94 valence electrons. The summed E-state index contributed by atoms with van der Waals surface area (Å²) in [5.74, 6) is 1.30.